The number of hydrogen-bond donors (Lipinski definition) is 0. The Morgan fingerprint density at radius 1 is 1.50 bits per heavy atom. The van der Waals surface area contributed by atoms with Crippen molar-refractivity contribution in [3.8, 4) is 12.1 Å². The van der Waals surface area contributed by atoms with Crippen molar-refractivity contribution in [2.75, 3.05) is 0 Å². The number of allylic oxidation sites excluding steroid dienone is 1. The lowest BCUT2D eigenvalue weighted by atomic mass is 10.3. The topological polar surface area (TPSA) is 47.6 Å². The van der Waals surface area contributed by atoms with E-state index >= 15 is 0 Å². The normalized spacial score (nSPS) is 8.25. The molecule has 0 N–H and O–H groups in total. The molecular formula is C8H3BrN2S. The van der Waals surface area contributed by atoms with E-state index in [0.717, 1.165) is 9.35 Å². The smallest absolute Gasteiger partial charge is 0.131 e. The van der Waals surface area contributed by atoms with Crippen LogP contribution in [0.4, 0.5) is 0 Å². The largest absolute Gasteiger partial charge is 0.192 e. The molecule has 0 saturated carbocycles. The van der Waals surface area contributed by atoms with E-state index < -0.39 is 0 Å². The predicted octanol–water partition coefficient (Wildman–Crippen LogP) is 2.94. The average molecular weight is 239 g/mol. The molecule has 2 nitrogen and oxygen atoms in total. The summed E-state index contributed by atoms with van der Waals surface area (Å²) in [7, 11) is 0. The minimum absolute atomic E-state index is 0.129. The molecule has 4 heteroatoms. The van der Waals surface area contributed by atoms with Gasteiger partial charge in [0.25, 0.3) is 0 Å². The number of thiophene rings is 1. The van der Waals surface area contributed by atoms with Gasteiger partial charge in [-0.1, -0.05) is 0 Å². The molecule has 1 heterocycles. The molecule has 58 valence electrons. The summed E-state index contributed by atoms with van der Waals surface area (Å²) in [6.07, 6.45) is 1.56. The van der Waals surface area contributed by atoms with Crippen LogP contribution >= 0.6 is 27.3 Å². The fourth-order valence-electron chi connectivity index (χ4n) is 0.636. The third-order valence-corrected chi connectivity index (χ3v) is 2.76. The van der Waals surface area contributed by atoms with Gasteiger partial charge in [-0.15, -0.1) is 11.3 Å². The molecule has 0 bridgehead atoms. The number of hydrogen-bond acceptors (Lipinski definition) is 3. The van der Waals surface area contributed by atoms with Crippen molar-refractivity contribution in [3.63, 3.8) is 0 Å². The summed E-state index contributed by atoms with van der Waals surface area (Å²) in [5.74, 6) is 0. The molecule has 0 fully saturated rings. The molecule has 1 aromatic rings. The van der Waals surface area contributed by atoms with Gasteiger partial charge >= 0.3 is 0 Å². The Kier molecular flexibility index (Phi) is 3.04. The lowest BCUT2D eigenvalue weighted by Crippen LogP contribution is -1.68. The lowest BCUT2D eigenvalue weighted by Gasteiger charge is -1.80. The third-order valence-electron chi connectivity index (χ3n) is 1.12. The highest BCUT2D eigenvalue weighted by atomic mass is 79.9. The fourth-order valence-corrected chi connectivity index (χ4v) is 2.01. The van der Waals surface area contributed by atoms with Crippen LogP contribution in [0.2, 0.25) is 0 Å². The third kappa shape index (κ3) is 2.20. The number of nitrogens with zero attached hydrogens (tertiary/aromatic N) is 2. The van der Waals surface area contributed by atoms with E-state index in [2.05, 4.69) is 15.9 Å². The van der Waals surface area contributed by atoms with Crippen molar-refractivity contribution in [3.05, 3.63) is 26.4 Å². The Balaban J connectivity index is 2.97. The first-order valence-electron chi connectivity index (χ1n) is 3.02. The summed E-state index contributed by atoms with van der Waals surface area (Å²) in [4.78, 5) is 0.903. The van der Waals surface area contributed by atoms with E-state index in [1.807, 2.05) is 11.4 Å². The lowest BCUT2D eigenvalue weighted by molar-refractivity contribution is 1.47. The van der Waals surface area contributed by atoms with Gasteiger partial charge in [-0.3, -0.25) is 0 Å². The number of rotatable bonds is 1. The van der Waals surface area contributed by atoms with Crippen LogP contribution in [0.1, 0.15) is 4.88 Å². The Hall–Kier alpha value is -1.10. The highest BCUT2D eigenvalue weighted by Gasteiger charge is 1.96. The molecule has 0 atom stereocenters. The van der Waals surface area contributed by atoms with Gasteiger partial charge in [0.05, 0.1) is 0 Å². The second-order valence-electron chi connectivity index (χ2n) is 1.95. The van der Waals surface area contributed by atoms with Gasteiger partial charge in [-0.25, -0.2) is 0 Å². The van der Waals surface area contributed by atoms with E-state index in [0.29, 0.717) is 0 Å². The highest BCUT2D eigenvalue weighted by Crippen LogP contribution is 2.21. The van der Waals surface area contributed by atoms with Crippen molar-refractivity contribution in [2.45, 2.75) is 0 Å². The Labute approximate surface area is 82.5 Å². The standard InChI is InChI=1S/C8H3BrN2S/c9-7-2-8(12-5-7)1-6(3-10)4-11/h1-2,5H. The van der Waals surface area contributed by atoms with E-state index in [9.17, 15) is 0 Å². The van der Waals surface area contributed by atoms with Crippen molar-refractivity contribution >= 4 is 33.3 Å². The zero-order chi connectivity index (χ0) is 8.97. The maximum atomic E-state index is 8.45. The molecule has 0 aliphatic rings. The quantitative estimate of drug-likeness (QED) is 0.707. The second-order valence-corrected chi connectivity index (χ2v) is 3.81. The molecule has 1 rings (SSSR count). The molecular weight excluding hydrogens is 236 g/mol. The zero-order valence-corrected chi connectivity index (χ0v) is 8.32. The molecule has 0 aliphatic carbocycles. The molecule has 1 aromatic heterocycles. The molecule has 0 aromatic carbocycles. The zero-order valence-electron chi connectivity index (χ0n) is 5.91. The Bertz CT molecular complexity index is 376. The summed E-state index contributed by atoms with van der Waals surface area (Å²) in [5, 5.41) is 18.8. The van der Waals surface area contributed by atoms with E-state index in [1.54, 1.807) is 18.2 Å². The first-order valence-corrected chi connectivity index (χ1v) is 4.69. The van der Waals surface area contributed by atoms with Gasteiger partial charge in [-0.05, 0) is 28.1 Å². The average Bonchev–Trinajstić information content (AvgIpc) is 2.47. The maximum absolute atomic E-state index is 8.45. The monoisotopic (exact) mass is 238 g/mol. The Morgan fingerprint density at radius 2 is 2.17 bits per heavy atom. The molecule has 0 aliphatic heterocycles. The molecule has 0 spiro atoms. The second kappa shape index (κ2) is 4.06. The van der Waals surface area contributed by atoms with Gasteiger partial charge in [0.15, 0.2) is 0 Å². The highest BCUT2D eigenvalue weighted by molar-refractivity contribution is 9.10. The molecule has 0 unspecified atom stereocenters. The van der Waals surface area contributed by atoms with Gasteiger partial charge in [0.2, 0.25) is 0 Å². The molecule has 0 radical (unpaired) electrons. The molecule has 12 heavy (non-hydrogen) atoms. The van der Waals surface area contributed by atoms with E-state index in [-0.39, 0.29) is 5.57 Å². The first kappa shape index (κ1) is 8.99. The van der Waals surface area contributed by atoms with Crippen LogP contribution in [-0.4, -0.2) is 0 Å². The minimum Gasteiger partial charge on any atom is -0.192 e. The van der Waals surface area contributed by atoms with Crippen molar-refractivity contribution in [2.24, 2.45) is 0 Å². The Morgan fingerprint density at radius 3 is 2.58 bits per heavy atom. The maximum Gasteiger partial charge on any atom is 0.131 e. The van der Waals surface area contributed by atoms with E-state index in [4.69, 9.17) is 10.5 Å². The number of halogens is 1. The fraction of sp³-hybridized carbons (Fsp3) is 0. The van der Waals surface area contributed by atoms with Crippen LogP contribution in [0.25, 0.3) is 6.08 Å². The predicted molar refractivity (Wildman–Crippen MR) is 51.2 cm³/mol. The number of nitriles is 2. The van der Waals surface area contributed by atoms with Crippen LogP contribution in [-0.2, 0) is 0 Å². The molecule has 0 saturated heterocycles. The van der Waals surface area contributed by atoms with Gasteiger partial charge in [0.1, 0.15) is 17.7 Å². The summed E-state index contributed by atoms with van der Waals surface area (Å²) >= 11 is 4.76. The summed E-state index contributed by atoms with van der Waals surface area (Å²) in [6.45, 7) is 0. The van der Waals surface area contributed by atoms with Crippen LogP contribution < -0.4 is 0 Å². The van der Waals surface area contributed by atoms with Crippen molar-refractivity contribution in [1.82, 2.24) is 0 Å². The van der Waals surface area contributed by atoms with Crippen molar-refractivity contribution < 1.29 is 0 Å². The van der Waals surface area contributed by atoms with Gasteiger partial charge in [0, 0.05) is 14.7 Å². The summed E-state index contributed by atoms with van der Waals surface area (Å²) < 4.78 is 0.967. The van der Waals surface area contributed by atoms with Crippen molar-refractivity contribution in [1.29, 1.82) is 10.5 Å². The molecule has 0 amide bonds. The summed E-state index contributed by atoms with van der Waals surface area (Å²) in [5.41, 5.74) is 0.129. The van der Waals surface area contributed by atoms with E-state index in [1.165, 1.54) is 11.3 Å². The van der Waals surface area contributed by atoms with Crippen LogP contribution in [0.3, 0.4) is 0 Å². The van der Waals surface area contributed by atoms with Gasteiger partial charge < -0.3 is 0 Å². The van der Waals surface area contributed by atoms with Crippen LogP contribution in [0.15, 0.2) is 21.5 Å². The van der Waals surface area contributed by atoms with Crippen LogP contribution in [0.5, 0.6) is 0 Å². The minimum atomic E-state index is 0.129. The first-order chi connectivity index (χ1) is 5.76. The SMILES string of the molecule is N#CC(C#N)=Cc1cc(Br)cs1. The van der Waals surface area contributed by atoms with Crippen LogP contribution in [0, 0.1) is 22.7 Å². The van der Waals surface area contributed by atoms with Gasteiger partial charge in [-0.2, -0.15) is 10.5 Å². The summed E-state index contributed by atoms with van der Waals surface area (Å²) in [6, 6.07) is 5.46.